The zero-order chi connectivity index (χ0) is 14.6. The normalized spacial score (nSPS) is 11.7. The van der Waals surface area contributed by atoms with Gasteiger partial charge in [0.1, 0.15) is 6.61 Å². The molecular weight excluding hydrogens is 285 g/mol. The van der Waals surface area contributed by atoms with E-state index in [1.54, 1.807) is 12.1 Å². The molecule has 19 heavy (non-hydrogen) atoms. The van der Waals surface area contributed by atoms with Gasteiger partial charge in [0.25, 0.3) is 0 Å². The smallest absolute Gasteiger partial charge is 0.339 e. The Morgan fingerprint density at radius 3 is 2.53 bits per heavy atom. The van der Waals surface area contributed by atoms with Crippen molar-refractivity contribution in [2.75, 3.05) is 20.2 Å². The highest BCUT2D eigenvalue weighted by Gasteiger charge is 2.18. The minimum Gasteiger partial charge on any atom is -0.461 e. The highest BCUT2D eigenvalue weighted by atomic mass is 35.5. The fourth-order valence-corrected chi connectivity index (χ4v) is 1.71. The average Bonchev–Trinajstić information content (AvgIpc) is 2.30. The van der Waals surface area contributed by atoms with Crippen molar-refractivity contribution < 1.29 is 9.53 Å². The fourth-order valence-electron chi connectivity index (χ4n) is 1.34. The van der Waals surface area contributed by atoms with Crippen LogP contribution in [0, 0.1) is 0 Å². The number of likely N-dealkylation sites (N-methyl/N-ethyl adjacent to an activating group) is 1. The Labute approximate surface area is 124 Å². The first-order valence-corrected chi connectivity index (χ1v) is 6.81. The zero-order valence-electron chi connectivity index (χ0n) is 11.7. The predicted octanol–water partition coefficient (Wildman–Crippen LogP) is 3.88. The number of esters is 1. The zero-order valence-corrected chi connectivity index (χ0v) is 13.2. The van der Waals surface area contributed by atoms with Crippen LogP contribution in [0.4, 0.5) is 0 Å². The van der Waals surface area contributed by atoms with Crippen LogP contribution in [0.1, 0.15) is 31.1 Å². The summed E-state index contributed by atoms with van der Waals surface area (Å²) in [6.45, 7) is 7.27. The largest absolute Gasteiger partial charge is 0.461 e. The summed E-state index contributed by atoms with van der Waals surface area (Å²) >= 11 is 11.8. The first-order valence-electron chi connectivity index (χ1n) is 6.05. The van der Waals surface area contributed by atoms with Crippen LogP contribution in [-0.4, -0.2) is 36.6 Å². The summed E-state index contributed by atoms with van der Waals surface area (Å²) in [6, 6.07) is 4.73. The number of benzene rings is 1. The summed E-state index contributed by atoms with van der Waals surface area (Å²) in [5, 5.41) is 0.807. The Balaban J connectivity index is 2.55. The number of carbonyl (C=O) groups is 1. The summed E-state index contributed by atoms with van der Waals surface area (Å²) in [5.41, 5.74) is 0.340. The summed E-state index contributed by atoms with van der Waals surface area (Å²) in [5.74, 6) is -0.449. The molecule has 0 aliphatic rings. The summed E-state index contributed by atoms with van der Waals surface area (Å²) < 4.78 is 5.21. The van der Waals surface area contributed by atoms with Crippen molar-refractivity contribution in [2.45, 2.75) is 26.3 Å². The molecule has 0 bridgehead atoms. The van der Waals surface area contributed by atoms with E-state index in [1.807, 2.05) is 7.05 Å². The van der Waals surface area contributed by atoms with E-state index >= 15 is 0 Å². The number of hydrogen-bond acceptors (Lipinski definition) is 3. The lowest BCUT2D eigenvalue weighted by atomic mass is 10.1. The molecule has 0 N–H and O–H groups in total. The van der Waals surface area contributed by atoms with E-state index in [-0.39, 0.29) is 5.54 Å². The maximum Gasteiger partial charge on any atom is 0.339 e. The Hall–Kier alpha value is -0.770. The van der Waals surface area contributed by atoms with Gasteiger partial charge in [-0.25, -0.2) is 4.79 Å². The molecule has 0 spiro atoms. The molecular formula is C14H19Cl2NO2. The molecule has 0 fully saturated rings. The van der Waals surface area contributed by atoms with Gasteiger partial charge in [0.2, 0.25) is 0 Å². The van der Waals surface area contributed by atoms with Crippen molar-refractivity contribution in [3.05, 3.63) is 33.8 Å². The number of rotatable bonds is 4. The molecule has 0 saturated heterocycles. The van der Waals surface area contributed by atoms with Gasteiger partial charge in [-0.1, -0.05) is 23.2 Å². The summed E-state index contributed by atoms with van der Waals surface area (Å²) in [4.78, 5) is 14.0. The number of halogens is 2. The van der Waals surface area contributed by atoms with E-state index < -0.39 is 5.97 Å². The van der Waals surface area contributed by atoms with Crippen molar-refractivity contribution in [2.24, 2.45) is 0 Å². The molecule has 3 nitrogen and oxygen atoms in total. The van der Waals surface area contributed by atoms with Crippen molar-refractivity contribution in [3.63, 3.8) is 0 Å². The number of nitrogens with zero attached hydrogens (tertiary/aromatic N) is 1. The van der Waals surface area contributed by atoms with Gasteiger partial charge in [-0.2, -0.15) is 0 Å². The Kier molecular flexibility index (Phi) is 5.65. The molecule has 1 aromatic carbocycles. The van der Waals surface area contributed by atoms with Crippen molar-refractivity contribution in [1.29, 1.82) is 0 Å². The lowest BCUT2D eigenvalue weighted by Gasteiger charge is -2.31. The van der Waals surface area contributed by atoms with Gasteiger partial charge < -0.3 is 4.74 Å². The molecule has 0 saturated carbocycles. The number of carbonyl (C=O) groups excluding carboxylic acids is 1. The highest BCUT2D eigenvalue weighted by molar-refractivity contribution is 6.35. The van der Waals surface area contributed by atoms with Crippen LogP contribution in [0.5, 0.6) is 0 Å². The molecule has 0 amide bonds. The second kappa shape index (κ2) is 6.60. The lowest BCUT2D eigenvalue weighted by Crippen LogP contribution is -2.40. The summed E-state index contributed by atoms with van der Waals surface area (Å²) in [7, 11) is 1.99. The van der Waals surface area contributed by atoms with E-state index in [4.69, 9.17) is 27.9 Å². The van der Waals surface area contributed by atoms with Gasteiger partial charge in [0, 0.05) is 17.1 Å². The number of hydrogen-bond donors (Lipinski definition) is 0. The Morgan fingerprint density at radius 2 is 1.95 bits per heavy atom. The fraction of sp³-hybridized carbons (Fsp3) is 0.500. The van der Waals surface area contributed by atoms with Crippen LogP contribution >= 0.6 is 23.2 Å². The van der Waals surface area contributed by atoms with Crippen molar-refractivity contribution in [1.82, 2.24) is 4.90 Å². The van der Waals surface area contributed by atoms with Crippen molar-refractivity contribution >= 4 is 29.2 Å². The van der Waals surface area contributed by atoms with Gasteiger partial charge in [-0.15, -0.1) is 0 Å². The molecule has 1 rings (SSSR count). The van der Waals surface area contributed by atoms with Gasteiger partial charge >= 0.3 is 5.97 Å². The van der Waals surface area contributed by atoms with Gasteiger partial charge in [-0.05, 0) is 46.0 Å². The quantitative estimate of drug-likeness (QED) is 0.791. The van der Waals surface area contributed by atoms with Crippen LogP contribution in [0.3, 0.4) is 0 Å². The first kappa shape index (κ1) is 16.3. The average molecular weight is 304 g/mol. The van der Waals surface area contributed by atoms with Crippen LogP contribution in [0.2, 0.25) is 10.0 Å². The number of ether oxygens (including phenoxy) is 1. The highest BCUT2D eigenvalue weighted by Crippen LogP contribution is 2.21. The second-order valence-corrected chi connectivity index (χ2v) is 6.20. The molecule has 0 atom stereocenters. The van der Waals surface area contributed by atoms with Gasteiger partial charge in [-0.3, -0.25) is 4.90 Å². The minimum atomic E-state index is -0.449. The monoisotopic (exact) mass is 303 g/mol. The third-order valence-electron chi connectivity index (χ3n) is 2.95. The lowest BCUT2D eigenvalue weighted by molar-refractivity contribution is 0.0424. The van der Waals surface area contributed by atoms with E-state index in [9.17, 15) is 4.79 Å². The minimum absolute atomic E-state index is 0.0418. The molecule has 0 aliphatic heterocycles. The van der Waals surface area contributed by atoms with Gasteiger partial charge in [0.05, 0.1) is 10.6 Å². The molecule has 0 radical (unpaired) electrons. The second-order valence-electron chi connectivity index (χ2n) is 5.35. The molecule has 0 unspecified atom stereocenters. The molecule has 0 aromatic heterocycles. The standard InChI is InChI=1S/C14H19Cl2NO2/c1-14(2,3)17(4)7-8-19-13(18)11-9-10(15)5-6-12(11)16/h5-6,9H,7-8H2,1-4H3. The maximum atomic E-state index is 11.9. The van der Waals surface area contributed by atoms with Crippen LogP contribution in [-0.2, 0) is 4.74 Å². The molecule has 5 heteroatoms. The summed E-state index contributed by atoms with van der Waals surface area (Å²) in [6.07, 6.45) is 0. The van der Waals surface area contributed by atoms with E-state index in [0.717, 1.165) is 0 Å². The van der Waals surface area contributed by atoms with E-state index in [0.29, 0.717) is 28.8 Å². The van der Waals surface area contributed by atoms with Crippen LogP contribution < -0.4 is 0 Å². The predicted molar refractivity (Wildman–Crippen MR) is 79.1 cm³/mol. The molecule has 0 aliphatic carbocycles. The van der Waals surface area contributed by atoms with Gasteiger partial charge in [0.15, 0.2) is 0 Å². The van der Waals surface area contributed by atoms with Crippen LogP contribution in [0.15, 0.2) is 18.2 Å². The van der Waals surface area contributed by atoms with Crippen LogP contribution in [0.25, 0.3) is 0 Å². The Morgan fingerprint density at radius 1 is 1.32 bits per heavy atom. The maximum absolute atomic E-state index is 11.9. The molecule has 0 heterocycles. The molecule has 1 aromatic rings. The van der Waals surface area contributed by atoms with Crippen molar-refractivity contribution in [3.8, 4) is 0 Å². The first-order chi connectivity index (χ1) is 8.71. The Bertz CT molecular complexity index is 455. The molecule has 106 valence electrons. The SMILES string of the molecule is CN(CCOC(=O)c1cc(Cl)ccc1Cl)C(C)(C)C. The topological polar surface area (TPSA) is 29.5 Å². The van der Waals surface area contributed by atoms with E-state index in [1.165, 1.54) is 6.07 Å². The van der Waals surface area contributed by atoms with E-state index in [2.05, 4.69) is 25.7 Å². The third kappa shape index (κ3) is 5.01. The third-order valence-corrected chi connectivity index (χ3v) is 3.52.